The Labute approximate surface area is 131 Å². The van der Waals surface area contributed by atoms with Crippen LogP contribution in [-0.4, -0.2) is 14.7 Å². The molecule has 0 fully saturated rings. The second-order valence-electron chi connectivity index (χ2n) is 5.62. The summed E-state index contributed by atoms with van der Waals surface area (Å²) in [7, 11) is 0. The summed E-state index contributed by atoms with van der Waals surface area (Å²) in [5.74, 6) is 0.970. The molecule has 0 aliphatic rings. The summed E-state index contributed by atoms with van der Waals surface area (Å²) in [6.07, 6.45) is 1.72. The van der Waals surface area contributed by atoms with E-state index < -0.39 is 0 Å². The quantitative estimate of drug-likeness (QED) is 0.694. The van der Waals surface area contributed by atoms with Crippen LogP contribution in [0.4, 0.5) is 0 Å². The Morgan fingerprint density at radius 1 is 1.05 bits per heavy atom. The van der Waals surface area contributed by atoms with Crippen molar-refractivity contribution in [3.05, 3.63) is 77.5 Å². The van der Waals surface area contributed by atoms with Crippen molar-refractivity contribution in [2.45, 2.75) is 33.6 Å². The van der Waals surface area contributed by atoms with Gasteiger partial charge in [0, 0.05) is 12.2 Å². The van der Waals surface area contributed by atoms with E-state index in [0.717, 1.165) is 31.2 Å². The summed E-state index contributed by atoms with van der Waals surface area (Å²) >= 11 is 0. The molecule has 0 amide bonds. The Hall–Kier alpha value is -2.33. The molecule has 2 heterocycles. The van der Waals surface area contributed by atoms with Gasteiger partial charge in [-0.1, -0.05) is 30.3 Å². The van der Waals surface area contributed by atoms with Crippen LogP contribution in [0.1, 0.15) is 22.7 Å². The molecule has 0 radical (unpaired) electrons. The lowest BCUT2D eigenvalue weighted by molar-refractivity contribution is 0.173. The highest BCUT2D eigenvalue weighted by molar-refractivity contribution is 5.14. The van der Waals surface area contributed by atoms with Crippen molar-refractivity contribution >= 4 is 0 Å². The van der Waals surface area contributed by atoms with Crippen molar-refractivity contribution in [1.29, 1.82) is 0 Å². The van der Waals surface area contributed by atoms with Crippen molar-refractivity contribution in [1.82, 2.24) is 14.7 Å². The summed E-state index contributed by atoms with van der Waals surface area (Å²) in [4.78, 5) is 2.33. The van der Waals surface area contributed by atoms with Crippen molar-refractivity contribution < 1.29 is 4.42 Å². The van der Waals surface area contributed by atoms with Crippen LogP contribution in [0, 0.1) is 13.8 Å². The largest absolute Gasteiger partial charge is 0.468 e. The third-order valence-corrected chi connectivity index (χ3v) is 3.65. The topological polar surface area (TPSA) is 34.2 Å². The summed E-state index contributed by atoms with van der Waals surface area (Å²) in [5.41, 5.74) is 3.51. The molecule has 22 heavy (non-hydrogen) atoms. The minimum absolute atomic E-state index is 0.745. The first-order chi connectivity index (χ1) is 10.7. The molecule has 4 nitrogen and oxygen atoms in total. The molecule has 0 N–H and O–H groups in total. The maximum absolute atomic E-state index is 5.50. The highest BCUT2D eigenvalue weighted by atomic mass is 16.3. The SMILES string of the molecule is Cc1cc(C)n(CN(Cc2ccccc2)Cc2ccco2)n1. The van der Waals surface area contributed by atoms with Gasteiger partial charge in [0.1, 0.15) is 5.76 Å². The average Bonchev–Trinajstić information content (AvgIpc) is 3.10. The Balaban J connectivity index is 1.77. The van der Waals surface area contributed by atoms with Gasteiger partial charge in [0.25, 0.3) is 0 Å². The van der Waals surface area contributed by atoms with Crippen molar-refractivity contribution in [3.63, 3.8) is 0 Å². The van der Waals surface area contributed by atoms with Crippen molar-refractivity contribution in [2.24, 2.45) is 0 Å². The second kappa shape index (κ2) is 6.62. The van der Waals surface area contributed by atoms with E-state index >= 15 is 0 Å². The Morgan fingerprint density at radius 2 is 1.86 bits per heavy atom. The molecule has 0 aliphatic carbocycles. The van der Waals surface area contributed by atoms with Crippen LogP contribution in [0.25, 0.3) is 0 Å². The zero-order chi connectivity index (χ0) is 15.4. The molecule has 0 aliphatic heterocycles. The van der Waals surface area contributed by atoms with Gasteiger partial charge in [0.15, 0.2) is 0 Å². The molecular formula is C18H21N3O. The van der Waals surface area contributed by atoms with Crippen LogP contribution in [0.15, 0.2) is 59.2 Å². The molecule has 4 heteroatoms. The number of hydrogen-bond acceptors (Lipinski definition) is 3. The lowest BCUT2D eigenvalue weighted by Gasteiger charge is -2.22. The number of aromatic nitrogens is 2. The number of rotatable bonds is 6. The molecule has 0 bridgehead atoms. The summed E-state index contributed by atoms with van der Waals surface area (Å²) < 4.78 is 7.55. The lowest BCUT2D eigenvalue weighted by Crippen LogP contribution is -2.26. The zero-order valence-electron chi connectivity index (χ0n) is 13.1. The first-order valence-electron chi connectivity index (χ1n) is 7.50. The molecule has 2 aromatic heterocycles. The van der Waals surface area contributed by atoms with E-state index in [9.17, 15) is 0 Å². The van der Waals surface area contributed by atoms with E-state index in [4.69, 9.17) is 4.42 Å². The van der Waals surface area contributed by atoms with Crippen LogP contribution in [0.5, 0.6) is 0 Å². The molecule has 0 saturated carbocycles. The third kappa shape index (κ3) is 3.65. The van der Waals surface area contributed by atoms with Gasteiger partial charge in [0.2, 0.25) is 0 Å². The summed E-state index contributed by atoms with van der Waals surface area (Å²) in [6, 6.07) is 16.5. The van der Waals surface area contributed by atoms with E-state index in [2.05, 4.69) is 47.3 Å². The van der Waals surface area contributed by atoms with Gasteiger partial charge < -0.3 is 4.42 Å². The maximum atomic E-state index is 5.50. The number of benzene rings is 1. The zero-order valence-corrected chi connectivity index (χ0v) is 13.1. The van der Waals surface area contributed by atoms with E-state index in [-0.39, 0.29) is 0 Å². The molecule has 3 rings (SSSR count). The predicted octanol–water partition coefficient (Wildman–Crippen LogP) is 3.75. The lowest BCUT2D eigenvalue weighted by atomic mass is 10.2. The van der Waals surface area contributed by atoms with E-state index in [1.54, 1.807) is 6.26 Å². The standard InChI is InChI=1S/C18H21N3O/c1-15-11-16(2)21(19-15)14-20(13-18-9-6-10-22-18)12-17-7-4-3-5-8-17/h3-11H,12-14H2,1-2H3. The highest BCUT2D eigenvalue weighted by Crippen LogP contribution is 2.13. The van der Waals surface area contributed by atoms with Crippen molar-refractivity contribution in [2.75, 3.05) is 0 Å². The Morgan fingerprint density at radius 3 is 2.50 bits per heavy atom. The van der Waals surface area contributed by atoms with E-state index in [0.29, 0.717) is 0 Å². The van der Waals surface area contributed by atoms with Gasteiger partial charge in [-0.2, -0.15) is 5.10 Å². The van der Waals surface area contributed by atoms with Crippen LogP contribution in [-0.2, 0) is 19.8 Å². The van der Waals surface area contributed by atoms with Crippen LogP contribution in [0.3, 0.4) is 0 Å². The fraction of sp³-hybridized carbons (Fsp3) is 0.278. The molecule has 0 saturated heterocycles. The molecule has 0 unspecified atom stereocenters. The van der Waals surface area contributed by atoms with Crippen LogP contribution in [0.2, 0.25) is 0 Å². The predicted molar refractivity (Wildman–Crippen MR) is 86.1 cm³/mol. The van der Waals surface area contributed by atoms with Gasteiger partial charge in [-0.05, 0) is 37.6 Å². The first kappa shape index (κ1) is 14.6. The van der Waals surface area contributed by atoms with E-state index in [1.807, 2.05) is 29.8 Å². The van der Waals surface area contributed by atoms with Crippen LogP contribution < -0.4 is 0 Å². The minimum atomic E-state index is 0.745. The molecule has 0 atom stereocenters. The Bertz CT molecular complexity index is 701. The molecule has 114 valence electrons. The van der Waals surface area contributed by atoms with Gasteiger partial charge in [-0.15, -0.1) is 0 Å². The number of nitrogens with zero attached hydrogens (tertiary/aromatic N) is 3. The minimum Gasteiger partial charge on any atom is -0.468 e. The van der Waals surface area contributed by atoms with Gasteiger partial charge in [-0.25, -0.2) is 0 Å². The average molecular weight is 295 g/mol. The third-order valence-electron chi connectivity index (χ3n) is 3.65. The van der Waals surface area contributed by atoms with Crippen molar-refractivity contribution in [3.8, 4) is 0 Å². The van der Waals surface area contributed by atoms with Gasteiger partial charge in [0.05, 0.1) is 25.2 Å². The van der Waals surface area contributed by atoms with Crippen LogP contribution >= 0.6 is 0 Å². The highest BCUT2D eigenvalue weighted by Gasteiger charge is 2.11. The summed E-state index contributed by atoms with van der Waals surface area (Å²) in [5, 5.41) is 4.57. The normalized spacial score (nSPS) is 11.2. The fourth-order valence-electron chi connectivity index (χ4n) is 2.63. The fourth-order valence-corrected chi connectivity index (χ4v) is 2.63. The summed E-state index contributed by atoms with van der Waals surface area (Å²) in [6.45, 7) is 6.49. The van der Waals surface area contributed by atoms with Gasteiger partial charge in [-0.3, -0.25) is 9.58 Å². The molecule has 1 aromatic carbocycles. The number of hydrogen-bond donors (Lipinski definition) is 0. The monoisotopic (exact) mass is 295 g/mol. The van der Waals surface area contributed by atoms with E-state index in [1.165, 1.54) is 11.3 Å². The molecular weight excluding hydrogens is 274 g/mol. The first-order valence-corrected chi connectivity index (χ1v) is 7.50. The maximum Gasteiger partial charge on any atom is 0.117 e. The second-order valence-corrected chi connectivity index (χ2v) is 5.62. The molecule has 3 aromatic rings. The van der Waals surface area contributed by atoms with Gasteiger partial charge >= 0.3 is 0 Å². The number of furan rings is 1. The Kier molecular flexibility index (Phi) is 4.39. The molecule has 0 spiro atoms. The number of aryl methyl sites for hydroxylation is 2. The smallest absolute Gasteiger partial charge is 0.117 e.